The lowest BCUT2D eigenvalue weighted by Crippen LogP contribution is -2.23. The molecule has 2 aromatic rings. The largest absolute Gasteiger partial charge is 0.494 e. The maximum atomic E-state index is 11.9. The summed E-state index contributed by atoms with van der Waals surface area (Å²) in [7, 11) is 1.86. The molecule has 1 aromatic heterocycles. The molecule has 0 saturated heterocycles. The van der Waals surface area contributed by atoms with Crippen LogP contribution in [0.3, 0.4) is 0 Å². The summed E-state index contributed by atoms with van der Waals surface area (Å²) in [6.07, 6.45) is 3.38. The third-order valence-electron chi connectivity index (χ3n) is 3.75. The maximum absolute atomic E-state index is 11.9. The van der Waals surface area contributed by atoms with Crippen molar-refractivity contribution in [3.05, 3.63) is 47.8 Å². The molecule has 0 atom stereocenters. The van der Waals surface area contributed by atoms with E-state index in [1.165, 1.54) is 0 Å². The van der Waals surface area contributed by atoms with Gasteiger partial charge < -0.3 is 15.2 Å². The monoisotopic (exact) mass is 345 g/mol. The van der Waals surface area contributed by atoms with Gasteiger partial charge in [-0.15, -0.1) is 0 Å². The number of aromatic nitrogens is 2. The van der Waals surface area contributed by atoms with Crippen LogP contribution in [0.4, 0.5) is 0 Å². The number of amides is 1. The SMILES string of the molecule is Cn1nccc1CCC(=O)NCc1ccc(OCCCC(=O)O)cc1. The first kappa shape index (κ1) is 18.5. The number of carbonyl (C=O) groups is 2. The highest BCUT2D eigenvalue weighted by Gasteiger charge is 2.05. The van der Waals surface area contributed by atoms with Crippen molar-refractivity contribution in [3.63, 3.8) is 0 Å². The highest BCUT2D eigenvalue weighted by atomic mass is 16.5. The Morgan fingerprint density at radius 1 is 1.20 bits per heavy atom. The Balaban J connectivity index is 1.67. The minimum atomic E-state index is -0.821. The molecule has 0 aliphatic carbocycles. The van der Waals surface area contributed by atoms with Crippen molar-refractivity contribution in [1.29, 1.82) is 0 Å². The number of nitrogens with one attached hydrogen (secondary N) is 1. The number of carbonyl (C=O) groups excluding carboxylic acids is 1. The topological polar surface area (TPSA) is 93.5 Å². The molecule has 0 aliphatic rings. The van der Waals surface area contributed by atoms with Crippen LogP contribution >= 0.6 is 0 Å². The zero-order valence-electron chi connectivity index (χ0n) is 14.3. The summed E-state index contributed by atoms with van der Waals surface area (Å²) < 4.78 is 7.24. The third kappa shape index (κ3) is 6.66. The standard InChI is InChI=1S/C18H23N3O4/c1-21-15(10-11-20-21)6-9-17(22)19-13-14-4-7-16(8-5-14)25-12-2-3-18(23)24/h4-5,7-8,10-11H,2-3,6,9,12-13H2,1H3,(H,19,22)(H,23,24). The molecule has 0 unspecified atom stereocenters. The molecular weight excluding hydrogens is 322 g/mol. The number of aliphatic carboxylic acids is 1. The number of benzene rings is 1. The number of rotatable bonds is 10. The van der Waals surface area contributed by atoms with Crippen LogP contribution in [-0.4, -0.2) is 33.4 Å². The molecule has 0 bridgehead atoms. The Bertz CT molecular complexity index is 695. The molecular formula is C18H23N3O4. The number of hydrogen-bond donors (Lipinski definition) is 2. The molecule has 2 N–H and O–H groups in total. The summed E-state index contributed by atoms with van der Waals surface area (Å²) in [6, 6.07) is 9.31. The fourth-order valence-corrected chi connectivity index (χ4v) is 2.29. The summed E-state index contributed by atoms with van der Waals surface area (Å²) in [5.41, 5.74) is 2.01. The van der Waals surface area contributed by atoms with Gasteiger partial charge in [-0.2, -0.15) is 5.10 Å². The summed E-state index contributed by atoms with van der Waals surface area (Å²) >= 11 is 0. The van der Waals surface area contributed by atoms with E-state index in [4.69, 9.17) is 9.84 Å². The Hall–Kier alpha value is -2.83. The quantitative estimate of drug-likeness (QED) is 0.642. The second-order valence-electron chi connectivity index (χ2n) is 5.71. The van der Waals surface area contributed by atoms with E-state index in [1.54, 1.807) is 10.9 Å². The Morgan fingerprint density at radius 3 is 2.60 bits per heavy atom. The van der Waals surface area contributed by atoms with Crippen molar-refractivity contribution in [2.45, 2.75) is 32.2 Å². The fraction of sp³-hybridized carbons (Fsp3) is 0.389. The van der Waals surface area contributed by atoms with Gasteiger partial charge in [-0.3, -0.25) is 14.3 Å². The third-order valence-corrected chi connectivity index (χ3v) is 3.75. The van der Waals surface area contributed by atoms with Crippen LogP contribution < -0.4 is 10.1 Å². The van der Waals surface area contributed by atoms with E-state index in [2.05, 4.69) is 10.4 Å². The second kappa shape index (κ2) is 9.46. The van der Waals surface area contributed by atoms with Crippen LogP contribution in [-0.2, 0) is 29.6 Å². The molecule has 0 saturated carbocycles. The summed E-state index contributed by atoms with van der Waals surface area (Å²) in [5, 5.41) is 15.5. The molecule has 1 heterocycles. The summed E-state index contributed by atoms with van der Waals surface area (Å²) in [6.45, 7) is 0.833. The molecule has 0 radical (unpaired) electrons. The predicted octanol–water partition coefficient (Wildman–Crippen LogP) is 1.91. The van der Waals surface area contributed by atoms with Gasteiger partial charge in [0.05, 0.1) is 6.61 Å². The lowest BCUT2D eigenvalue weighted by molar-refractivity contribution is -0.137. The molecule has 2 rings (SSSR count). The number of carboxylic acid groups (broad SMARTS) is 1. The van der Waals surface area contributed by atoms with E-state index in [-0.39, 0.29) is 12.3 Å². The van der Waals surface area contributed by atoms with E-state index in [1.807, 2.05) is 37.4 Å². The molecule has 25 heavy (non-hydrogen) atoms. The van der Waals surface area contributed by atoms with Crippen LogP contribution in [0.25, 0.3) is 0 Å². The smallest absolute Gasteiger partial charge is 0.303 e. The van der Waals surface area contributed by atoms with Crippen LogP contribution in [0.1, 0.15) is 30.5 Å². The zero-order valence-corrected chi connectivity index (χ0v) is 14.3. The molecule has 1 amide bonds. The molecule has 0 fully saturated rings. The van der Waals surface area contributed by atoms with Crippen molar-refractivity contribution >= 4 is 11.9 Å². The fourth-order valence-electron chi connectivity index (χ4n) is 2.29. The van der Waals surface area contributed by atoms with Crippen molar-refractivity contribution in [2.75, 3.05) is 6.61 Å². The average Bonchev–Trinajstić information content (AvgIpc) is 3.01. The van der Waals surface area contributed by atoms with Crippen molar-refractivity contribution in [2.24, 2.45) is 7.05 Å². The van der Waals surface area contributed by atoms with Gasteiger partial charge in [0.15, 0.2) is 0 Å². The Kier molecular flexibility index (Phi) is 7.00. The van der Waals surface area contributed by atoms with E-state index in [0.29, 0.717) is 38.2 Å². The van der Waals surface area contributed by atoms with Crippen molar-refractivity contribution < 1.29 is 19.4 Å². The minimum Gasteiger partial charge on any atom is -0.494 e. The lowest BCUT2D eigenvalue weighted by atomic mass is 10.2. The normalized spacial score (nSPS) is 10.4. The number of nitrogens with zero attached hydrogens (tertiary/aromatic N) is 2. The summed E-state index contributed by atoms with van der Waals surface area (Å²) in [5.74, 6) is -0.134. The average molecular weight is 345 g/mol. The number of carboxylic acids is 1. The van der Waals surface area contributed by atoms with E-state index >= 15 is 0 Å². The van der Waals surface area contributed by atoms with Gasteiger partial charge in [-0.05, 0) is 36.6 Å². The molecule has 134 valence electrons. The van der Waals surface area contributed by atoms with Crippen LogP contribution in [0.15, 0.2) is 36.5 Å². The van der Waals surface area contributed by atoms with E-state index < -0.39 is 5.97 Å². The van der Waals surface area contributed by atoms with Crippen LogP contribution in [0, 0.1) is 0 Å². The Labute approximate surface area is 146 Å². The van der Waals surface area contributed by atoms with Gasteiger partial charge in [0, 0.05) is 38.3 Å². The van der Waals surface area contributed by atoms with Crippen molar-refractivity contribution in [3.8, 4) is 5.75 Å². The molecule has 7 heteroatoms. The van der Waals surface area contributed by atoms with E-state index in [9.17, 15) is 9.59 Å². The first-order valence-corrected chi connectivity index (χ1v) is 8.21. The first-order valence-electron chi connectivity index (χ1n) is 8.21. The van der Waals surface area contributed by atoms with E-state index in [0.717, 1.165) is 11.3 Å². The minimum absolute atomic E-state index is 0.00445. The van der Waals surface area contributed by atoms with Gasteiger partial charge in [-0.1, -0.05) is 12.1 Å². The maximum Gasteiger partial charge on any atom is 0.303 e. The molecule has 0 spiro atoms. The van der Waals surface area contributed by atoms with Crippen molar-refractivity contribution in [1.82, 2.24) is 15.1 Å². The number of aryl methyl sites for hydroxylation is 2. The van der Waals surface area contributed by atoms with Gasteiger partial charge >= 0.3 is 5.97 Å². The summed E-state index contributed by atoms with van der Waals surface area (Å²) in [4.78, 5) is 22.3. The Morgan fingerprint density at radius 2 is 1.96 bits per heavy atom. The second-order valence-corrected chi connectivity index (χ2v) is 5.71. The highest BCUT2D eigenvalue weighted by molar-refractivity contribution is 5.76. The molecule has 1 aromatic carbocycles. The van der Waals surface area contributed by atoms with Gasteiger partial charge in [-0.25, -0.2) is 0 Å². The van der Waals surface area contributed by atoms with Gasteiger partial charge in [0.1, 0.15) is 5.75 Å². The first-order chi connectivity index (χ1) is 12.0. The van der Waals surface area contributed by atoms with Crippen LogP contribution in [0.5, 0.6) is 5.75 Å². The highest BCUT2D eigenvalue weighted by Crippen LogP contribution is 2.12. The molecule has 7 nitrogen and oxygen atoms in total. The predicted molar refractivity (Wildman–Crippen MR) is 92.2 cm³/mol. The molecule has 0 aliphatic heterocycles. The zero-order chi connectivity index (χ0) is 18.1. The number of ether oxygens (including phenoxy) is 1. The van der Waals surface area contributed by atoms with Crippen LogP contribution in [0.2, 0.25) is 0 Å². The van der Waals surface area contributed by atoms with Gasteiger partial charge in [0.25, 0.3) is 0 Å². The lowest BCUT2D eigenvalue weighted by Gasteiger charge is -2.08. The number of hydrogen-bond acceptors (Lipinski definition) is 4. The van der Waals surface area contributed by atoms with Gasteiger partial charge in [0.2, 0.25) is 5.91 Å².